The van der Waals surface area contributed by atoms with Crippen LogP contribution in [0, 0.1) is 0 Å². The summed E-state index contributed by atoms with van der Waals surface area (Å²) in [6.45, 7) is 0.0908. The lowest BCUT2D eigenvalue weighted by atomic mass is 9.93. The summed E-state index contributed by atoms with van der Waals surface area (Å²) in [4.78, 5) is 37.5. The molecule has 1 saturated carbocycles. The van der Waals surface area contributed by atoms with E-state index >= 15 is 0 Å². The maximum atomic E-state index is 12.2. The summed E-state index contributed by atoms with van der Waals surface area (Å²) in [5.41, 5.74) is 0.804. The fourth-order valence-electron chi connectivity index (χ4n) is 3.18. The Bertz CT molecular complexity index is 600. The highest BCUT2D eigenvalue weighted by atomic mass is 16.3. The van der Waals surface area contributed by atoms with Crippen LogP contribution in [0.1, 0.15) is 52.8 Å². The Morgan fingerprint density at radius 3 is 2.22 bits per heavy atom. The third-order valence-corrected chi connectivity index (χ3v) is 4.50. The second-order valence-corrected chi connectivity index (χ2v) is 6.13. The number of benzene rings is 1. The Morgan fingerprint density at radius 2 is 1.65 bits per heavy atom. The van der Waals surface area contributed by atoms with Gasteiger partial charge in [-0.3, -0.25) is 19.3 Å². The number of amides is 3. The number of aliphatic hydroxyl groups is 1. The van der Waals surface area contributed by atoms with Gasteiger partial charge in [0.2, 0.25) is 5.91 Å². The summed E-state index contributed by atoms with van der Waals surface area (Å²) in [5.74, 6) is -0.832. The SMILES string of the molecule is O=C(CCN1C(=O)c2ccccc2C1=O)NC1CCC(O)CC1. The summed E-state index contributed by atoms with van der Waals surface area (Å²) >= 11 is 0. The summed E-state index contributed by atoms with van der Waals surface area (Å²) in [6, 6.07) is 6.77. The number of hydrogen-bond acceptors (Lipinski definition) is 4. The minimum absolute atomic E-state index is 0.0769. The number of imide groups is 1. The molecule has 0 aromatic heterocycles. The predicted molar refractivity (Wildman–Crippen MR) is 82.8 cm³/mol. The van der Waals surface area contributed by atoms with Crippen molar-refractivity contribution in [2.24, 2.45) is 0 Å². The first-order chi connectivity index (χ1) is 11.1. The number of fused-ring (bicyclic) bond motifs is 1. The molecule has 0 radical (unpaired) electrons. The van der Waals surface area contributed by atoms with Crippen LogP contribution in [0.3, 0.4) is 0 Å². The zero-order valence-electron chi connectivity index (χ0n) is 12.8. The molecule has 122 valence electrons. The molecule has 3 amide bonds. The molecule has 1 aromatic rings. The molecule has 2 N–H and O–H groups in total. The third-order valence-electron chi connectivity index (χ3n) is 4.50. The van der Waals surface area contributed by atoms with E-state index < -0.39 is 0 Å². The molecule has 2 aliphatic rings. The van der Waals surface area contributed by atoms with E-state index in [0.29, 0.717) is 24.0 Å². The molecule has 1 aliphatic carbocycles. The van der Waals surface area contributed by atoms with Crippen LogP contribution in [0.4, 0.5) is 0 Å². The van der Waals surface area contributed by atoms with Crippen LogP contribution < -0.4 is 5.32 Å². The lowest BCUT2D eigenvalue weighted by Gasteiger charge is -2.26. The number of rotatable bonds is 4. The van der Waals surface area contributed by atoms with Crippen molar-refractivity contribution < 1.29 is 19.5 Å². The molecule has 0 saturated heterocycles. The topological polar surface area (TPSA) is 86.7 Å². The van der Waals surface area contributed by atoms with Gasteiger partial charge in [0.1, 0.15) is 0 Å². The van der Waals surface area contributed by atoms with Gasteiger partial charge in [0.05, 0.1) is 17.2 Å². The van der Waals surface area contributed by atoms with E-state index in [0.717, 1.165) is 17.7 Å². The van der Waals surface area contributed by atoms with Crippen LogP contribution in [0.15, 0.2) is 24.3 Å². The Labute approximate surface area is 134 Å². The third kappa shape index (κ3) is 3.27. The Balaban J connectivity index is 1.52. The van der Waals surface area contributed by atoms with Crippen molar-refractivity contribution in [2.75, 3.05) is 6.54 Å². The van der Waals surface area contributed by atoms with E-state index in [2.05, 4.69) is 5.32 Å². The van der Waals surface area contributed by atoms with Crippen molar-refractivity contribution in [1.82, 2.24) is 10.2 Å². The van der Waals surface area contributed by atoms with Crippen molar-refractivity contribution in [3.63, 3.8) is 0 Å². The minimum atomic E-state index is -0.334. The van der Waals surface area contributed by atoms with Gasteiger partial charge in [-0.1, -0.05) is 12.1 Å². The van der Waals surface area contributed by atoms with Gasteiger partial charge in [0, 0.05) is 19.0 Å². The van der Waals surface area contributed by atoms with Gasteiger partial charge in [0.15, 0.2) is 0 Å². The maximum absolute atomic E-state index is 12.2. The fourth-order valence-corrected chi connectivity index (χ4v) is 3.18. The van der Waals surface area contributed by atoms with Gasteiger partial charge in [-0.15, -0.1) is 0 Å². The molecule has 1 heterocycles. The zero-order valence-corrected chi connectivity index (χ0v) is 12.8. The van der Waals surface area contributed by atoms with Crippen molar-refractivity contribution >= 4 is 17.7 Å². The average molecular weight is 316 g/mol. The monoisotopic (exact) mass is 316 g/mol. The van der Waals surface area contributed by atoms with Gasteiger partial charge in [-0.2, -0.15) is 0 Å². The first kappa shape index (κ1) is 15.7. The molecule has 6 nitrogen and oxygen atoms in total. The standard InChI is InChI=1S/C17H20N2O4/c20-12-7-5-11(6-8-12)18-15(21)9-10-19-16(22)13-3-1-2-4-14(13)17(19)23/h1-4,11-12,20H,5-10H2,(H,18,21). The quantitative estimate of drug-likeness (QED) is 0.814. The number of carbonyl (C=O) groups is 3. The summed E-state index contributed by atoms with van der Waals surface area (Å²) in [6.07, 6.45) is 2.76. The minimum Gasteiger partial charge on any atom is -0.393 e. The number of aliphatic hydroxyl groups excluding tert-OH is 1. The molecule has 1 aromatic carbocycles. The molecule has 3 rings (SSSR count). The van der Waals surface area contributed by atoms with E-state index in [1.54, 1.807) is 24.3 Å². The molecule has 6 heteroatoms. The highest BCUT2D eigenvalue weighted by molar-refractivity contribution is 6.21. The van der Waals surface area contributed by atoms with Crippen molar-refractivity contribution in [1.29, 1.82) is 0 Å². The second kappa shape index (κ2) is 6.50. The largest absolute Gasteiger partial charge is 0.393 e. The second-order valence-electron chi connectivity index (χ2n) is 6.13. The number of nitrogens with one attached hydrogen (secondary N) is 1. The summed E-state index contributed by atoms with van der Waals surface area (Å²) in [5, 5.41) is 12.4. The lowest BCUT2D eigenvalue weighted by Crippen LogP contribution is -2.40. The van der Waals surface area contributed by atoms with Gasteiger partial charge in [-0.25, -0.2) is 0 Å². The van der Waals surface area contributed by atoms with Crippen molar-refractivity contribution in [2.45, 2.75) is 44.2 Å². The molecule has 0 spiro atoms. The van der Waals surface area contributed by atoms with E-state index in [4.69, 9.17) is 0 Å². The molecule has 0 atom stereocenters. The molecule has 0 bridgehead atoms. The number of nitrogens with zero attached hydrogens (tertiary/aromatic N) is 1. The van der Waals surface area contributed by atoms with Gasteiger partial charge in [-0.05, 0) is 37.8 Å². The molecular weight excluding hydrogens is 296 g/mol. The van der Waals surface area contributed by atoms with E-state index in [-0.39, 0.29) is 42.8 Å². The average Bonchev–Trinajstić information content (AvgIpc) is 2.80. The van der Waals surface area contributed by atoms with Crippen LogP contribution in [0.5, 0.6) is 0 Å². The normalized spacial score (nSPS) is 23.8. The van der Waals surface area contributed by atoms with E-state index in [9.17, 15) is 19.5 Å². The molecule has 0 unspecified atom stereocenters. The van der Waals surface area contributed by atoms with Gasteiger partial charge < -0.3 is 10.4 Å². The predicted octanol–water partition coefficient (Wildman–Crippen LogP) is 1.09. The number of hydrogen-bond donors (Lipinski definition) is 2. The van der Waals surface area contributed by atoms with Crippen LogP contribution >= 0.6 is 0 Å². The molecule has 1 aliphatic heterocycles. The highest BCUT2D eigenvalue weighted by Crippen LogP contribution is 2.22. The Morgan fingerprint density at radius 1 is 1.09 bits per heavy atom. The van der Waals surface area contributed by atoms with Gasteiger partial charge >= 0.3 is 0 Å². The van der Waals surface area contributed by atoms with Crippen LogP contribution in [0.25, 0.3) is 0 Å². The van der Waals surface area contributed by atoms with E-state index in [1.165, 1.54) is 0 Å². The molecular formula is C17H20N2O4. The number of carbonyl (C=O) groups excluding carboxylic acids is 3. The van der Waals surface area contributed by atoms with Crippen LogP contribution in [-0.4, -0.2) is 46.4 Å². The van der Waals surface area contributed by atoms with E-state index in [1.807, 2.05) is 0 Å². The van der Waals surface area contributed by atoms with Crippen LogP contribution in [0.2, 0.25) is 0 Å². The fraction of sp³-hybridized carbons (Fsp3) is 0.471. The maximum Gasteiger partial charge on any atom is 0.261 e. The Kier molecular flexibility index (Phi) is 4.43. The molecule has 23 heavy (non-hydrogen) atoms. The first-order valence-corrected chi connectivity index (χ1v) is 7.99. The van der Waals surface area contributed by atoms with Crippen molar-refractivity contribution in [3.8, 4) is 0 Å². The smallest absolute Gasteiger partial charge is 0.261 e. The lowest BCUT2D eigenvalue weighted by molar-refractivity contribution is -0.122. The zero-order chi connectivity index (χ0) is 16.4. The van der Waals surface area contributed by atoms with Crippen LogP contribution in [-0.2, 0) is 4.79 Å². The summed E-state index contributed by atoms with van der Waals surface area (Å²) < 4.78 is 0. The van der Waals surface area contributed by atoms with Gasteiger partial charge in [0.25, 0.3) is 11.8 Å². The van der Waals surface area contributed by atoms with Crippen molar-refractivity contribution in [3.05, 3.63) is 35.4 Å². The summed E-state index contributed by atoms with van der Waals surface area (Å²) in [7, 11) is 0. The first-order valence-electron chi connectivity index (χ1n) is 7.99. The Hall–Kier alpha value is -2.21. The molecule has 1 fully saturated rings. The highest BCUT2D eigenvalue weighted by Gasteiger charge is 2.35.